The van der Waals surface area contributed by atoms with Crippen molar-refractivity contribution in [2.24, 2.45) is 15.7 Å². The number of thiocarbonyl (C=S) groups is 1. The minimum atomic E-state index is -5.81. The van der Waals surface area contributed by atoms with Crippen molar-refractivity contribution in [2.45, 2.75) is 24.5 Å². The third-order valence-corrected chi connectivity index (χ3v) is 12.8. The van der Waals surface area contributed by atoms with Gasteiger partial charge in [-0.05, 0) is 54.5 Å². The quantitative estimate of drug-likeness (QED) is 0.0125. The van der Waals surface area contributed by atoms with Crippen LogP contribution in [0, 0.1) is 0 Å². The summed E-state index contributed by atoms with van der Waals surface area (Å²) < 4.78 is 48.0. The Hall–Kier alpha value is 0.180. The first-order valence-electron chi connectivity index (χ1n) is 14.7. The summed E-state index contributed by atoms with van der Waals surface area (Å²) in [5.74, 6) is 1.01. The van der Waals surface area contributed by atoms with Crippen LogP contribution in [0.3, 0.4) is 0 Å². The van der Waals surface area contributed by atoms with Crippen molar-refractivity contribution in [3.8, 4) is 5.75 Å². The molecule has 2 aromatic rings. The van der Waals surface area contributed by atoms with Gasteiger partial charge in [-0.3, -0.25) is 15.4 Å². The molecule has 280 valence electrons. The van der Waals surface area contributed by atoms with E-state index in [1.54, 1.807) is 48.5 Å². The van der Waals surface area contributed by atoms with Crippen LogP contribution in [0.15, 0.2) is 58.7 Å². The number of aliphatic hydroxyl groups is 1. The van der Waals surface area contributed by atoms with Crippen LogP contribution < -0.4 is 90.0 Å². The van der Waals surface area contributed by atoms with Gasteiger partial charge in [0.25, 0.3) is 0 Å². The maximum absolute atomic E-state index is 12.7. The second-order valence-electron chi connectivity index (χ2n) is 10.6. The molecule has 17 nitrogen and oxygen atoms in total. The molecular weight excluding hydrogens is 824 g/mol. The number of nitrogens with one attached hydrogen (secondary N) is 2. The maximum atomic E-state index is 12.7. The van der Waals surface area contributed by atoms with Gasteiger partial charge < -0.3 is 48.0 Å². The van der Waals surface area contributed by atoms with E-state index < -0.39 is 34.4 Å². The maximum Gasteiger partial charge on any atom is 1.00 e. The van der Waals surface area contributed by atoms with Gasteiger partial charge in [0.2, 0.25) is 5.11 Å². The first-order valence-corrected chi connectivity index (χ1v) is 21.0. The number of hydrogen-bond donors (Lipinski definition) is 6. The molecule has 3 atom stereocenters. The minimum absolute atomic E-state index is 0. The van der Waals surface area contributed by atoms with Gasteiger partial charge in [0.15, 0.2) is 20.3 Å². The van der Waals surface area contributed by atoms with E-state index in [1.807, 2.05) is 0 Å². The number of nitrogens with two attached hydrogens (primary N) is 1. The van der Waals surface area contributed by atoms with Gasteiger partial charge in [-0.2, -0.15) is 10.2 Å². The van der Waals surface area contributed by atoms with Gasteiger partial charge in [-0.25, -0.2) is 10.2 Å². The van der Waals surface area contributed by atoms with E-state index in [0.29, 0.717) is 24.3 Å². The molecule has 0 aliphatic carbocycles. The van der Waals surface area contributed by atoms with E-state index in [2.05, 4.69) is 21.1 Å². The molecule has 0 aliphatic heterocycles. The molecule has 0 heterocycles. The van der Waals surface area contributed by atoms with Gasteiger partial charge in [-0.1, -0.05) is 36.4 Å². The van der Waals surface area contributed by atoms with Crippen LogP contribution in [0.4, 0.5) is 0 Å². The number of alkyl halides is 2. The molecule has 0 radical (unpaired) electrons. The zero-order valence-corrected chi connectivity index (χ0v) is 37.9. The fraction of sp³-hybridized carbons (Fsp3) is 0.444. The summed E-state index contributed by atoms with van der Waals surface area (Å²) >= 11 is 16.7. The van der Waals surface area contributed by atoms with Crippen LogP contribution in [0.2, 0.25) is 0 Å². The van der Waals surface area contributed by atoms with Gasteiger partial charge in [-0.15, -0.1) is 23.2 Å². The predicted octanol–water partition coefficient (Wildman–Crippen LogP) is -4.28. The Balaban J connectivity index is 0.0000130. The fourth-order valence-electron chi connectivity index (χ4n) is 3.99. The van der Waals surface area contributed by atoms with E-state index in [0.717, 1.165) is 11.1 Å². The van der Waals surface area contributed by atoms with E-state index in [-0.39, 0.29) is 109 Å². The van der Waals surface area contributed by atoms with Crippen LogP contribution in [0.5, 0.6) is 5.75 Å². The Morgan fingerprint density at radius 3 is 2.06 bits per heavy atom. The summed E-state index contributed by atoms with van der Waals surface area (Å²) in [5.41, 5.74) is 13.4. The van der Waals surface area contributed by atoms with Crippen LogP contribution in [0.25, 0.3) is 0 Å². The topological polar surface area (TPSA) is 258 Å². The van der Waals surface area contributed by atoms with Crippen molar-refractivity contribution in [3.05, 3.63) is 65.2 Å². The van der Waals surface area contributed by atoms with Gasteiger partial charge in [0.05, 0.1) is 25.6 Å². The smallest absolute Gasteiger partial charge is 0.776 e. The molecule has 0 saturated heterocycles. The average Bonchev–Trinajstić information content (AvgIpc) is 3.04. The first kappa shape index (κ1) is 52.2. The molecule has 2 rings (SSSR count). The summed E-state index contributed by atoms with van der Waals surface area (Å²) in [5, 5.41) is 14.5. The number of nitrogens with zero attached hydrogens (tertiary/aromatic N) is 4. The second-order valence-corrected chi connectivity index (χ2v) is 17.7. The Morgan fingerprint density at radius 2 is 1.52 bits per heavy atom. The summed E-state index contributed by atoms with van der Waals surface area (Å²) in [6.07, 6.45) is 2.55. The van der Waals surface area contributed by atoms with E-state index in [4.69, 9.17) is 60.0 Å². The number of hydrazone groups is 2. The van der Waals surface area contributed by atoms with Crippen LogP contribution >= 0.6 is 58.3 Å². The standard InChI is InChI=1S/C27H42Cl2N7O10P3S.2Na/c1-35(14-10-27(37,47(38,39)40)48(41,42)43)13-3-17-45-25-5-2-4-24(18-25)20-32-34-26(50)33-31-19-22-6-8-23(9-7-22)21-46-49(30,44)36(15-11-28)16-12-29;;/h2,4-9,18-20,37H,3,10-17,21H2,1H3,(H2,30,44)(H2,33,34,50)(H2,38,39,40)(H2,41,42,43);;/q;2*+1/p-2/b31-19+,32-20+;;. The molecule has 0 amide bonds. The minimum Gasteiger partial charge on any atom is -0.776 e. The Labute approximate surface area is 362 Å². The molecule has 3 unspecified atom stereocenters. The van der Waals surface area contributed by atoms with Crippen molar-refractivity contribution in [1.29, 1.82) is 0 Å². The summed E-state index contributed by atoms with van der Waals surface area (Å²) in [6.45, 7) is 0.912. The average molecular weight is 865 g/mol. The summed E-state index contributed by atoms with van der Waals surface area (Å²) in [4.78, 5) is 42.4. The van der Waals surface area contributed by atoms with Crippen molar-refractivity contribution in [2.75, 3.05) is 51.6 Å². The van der Waals surface area contributed by atoms with E-state index in [1.165, 1.54) is 29.0 Å². The van der Waals surface area contributed by atoms with E-state index >= 15 is 0 Å². The van der Waals surface area contributed by atoms with Crippen molar-refractivity contribution in [1.82, 2.24) is 20.4 Å². The zero-order valence-electron chi connectivity index (χ0n) is 28.9. The Morgan fingerprint density at radius 1 is 0.962 bits per heavy atom. The SMILES string of the molecule is CN(CCCOc1cccc(/C=N/NC(=S)N/N=C/c2ccc(COP(N)(=O)N(CCCl)CCCl)cc2)c1)CCC(O)(P(=O)([O-])O)P(=O)([O-])O.[Na+].[Na+]. The molecule has 0 aliphatic rings. The Kier molecular flexibility index (Phi) is 25.5. The van der Waals surface area contributed by atoms with Gasteiger partial charge >= 0.3 is 66.8 Å². The monoisotopic (exact) mass is 863 g/mol. The zero-order chi connectivity index (χ0) is 37.4. The number of hydrogen-bond acceptors (Lipinski definition) is 12. The van der Waals surface area contributed by atoms with Crippen LogP contribution in [-0.4, -0.2) is 98.7 Å². The molecule has 2 aromatic carbocycles. The second kappa shape index (κ2) is 25.4. The molecule has 52 heavy (non-hydrogen) atoms. The largest absolute Gasteiger partial charge is 1.00 e. The number of ether oxygens (including phenoxy) is 1. The molecule has 25 heteroatoms. The number of rotatable bonds is 22. The molecule has 0 aromatic heterocycles. The molecular formula is C27H40Cl2N7Na2O10P3S. The van der Waals surface area contributed by atoms with E-state index in [9.17, 15) is 28.6 Å². The van der Waals surface area contributed by atoms with Crippen molar-refractivity contribution < 1.29 is 107 Å². The van der Waals surface area contributed by atoms with Crippen molar-refractivity contribution in [3.63, 3.8) is 0 Å². The van der Waals surface area contributed by atoms with Gasteiger partial charge in [0, 0.05) is 44.4 Å². The Bertz CT molecular complexity index is 1570. The number of halogens is 2. The third-order valence-electron chi connectivity index (χ3n) is 6.78. The molecule has 0 fully saturated rings. The number of benzene rings is 2. The third kappa shape index (κ3) is 18.4. The normalized spacial score (nSPS) is 16.3. The van der Waals surface area contributed by atoms with Crippen LogP contribution in [0.1, 0.15) is 29.5 Å². The fourth-order valence-corrected chi connectivity index (χ4v) is 8.04. The predicted molar refractivity (Wildman–Crippen MR) is 193 cm³/mol. The molecule has 0 spiro atoms. The summed E-state index contributed by atoms with van der Waals surface area (Å²) in [7, 11) is -13.6. The van der Waals surface area contributed by atoms with Crippen LogP contribution in [-0.2, 0) is 24.8 Å². The summed E-state index contributed by atoms with van der Waals surface area (Å²) in [6, 6.07) is 14.1. The molecule has 0 saturated carbocycles. The molecule has 7 N–H and O–H groups in total. The molecule has 0 bridgehead atoms. The van der Waals surface area contributed by atoms with Gasteiger partial charge in [0.1, 0.15) is 5.75 Å². The first-order chi connectivity index (χ1) is 23.4. The van der Waals surface area contributed by atoms with Crippen molar-refractivity contribution >= 4 is 75.8 Å².